The smallest absolute Gasteiger partial charge is 0.255 e. The number of carbonyl (C=O) groups excluding carboxylic acids is 2. The van der Waals surface area contributed by atoms with Crippen LogP contribution in [0.1, 0.15) is 48.0 Å². The van der Waals surface area contributed by atoms with Crippen molar-refractivity contribution in [1.82, 2.24) is 9.38 Å². The first kappa shape index (κ1) is 17.7. The molecule has 0 saturated heterocycles. The number of rotatable bonds is 5. The third-order valence-corrected chi connectivity index (χ3v) is 4.61. The van der Waals surface area contributed by atoms with Gasteiger partial charge in [-0.15, -0.1) is 0 Å². The highest BCUT2D eigenvalue weighted by atomic mass is 16.1. The maximum atomic E-state index is 12.6. The van der Waals surface area contributed by atoms with Crippen molar-refractivity contribution in [1.29, 1.82) is 0 Å². The van der Waals surface area contributed by atoms with Gasteiger partial charge in [-0.3, -0.25) is 9.59 Å². The summed E-state index contributed by atoms with van der Waals surface area (Å²) in [5.41, 5.74) is 8.01. The van der Waals surface area contributed by atoms with E-state index in [0.29, 0.717) is 28.3 Å². The van der Waals surface area contributed by atoms with Crippen LogP contribution in [0.5, 0.6) is 0 Å². The van der Waals surface area contributed by atoms with Crippen molar-refractivity contribution in [3.63, 3.8) is 0 Å². The number of pyridine rings is 1. The highest BCUT2D eigenvalue weighted by Crippen LogP contribution is 2.25. The Labute approximate surface area is 152 Å². The number of nitrogen functional groups attached to an aromatic ring is 1. The number of nitrogens with zero attached hydrogens (tertiary/aromatic N) is 2. The zero-order chi connectivity index (χ0) is 18.9. The van der Waals surface area contributed by atoms with Crippen LogP contribution in [0.4, 0.5) is 11.4 Å². The molecule has 0 fully saturated rings. The van der Waals surface area contributed by atoms with Crippen LogP contribution in [0.2, 0.25) is 0 Å². The van der Waals surface area contributed by atoms with Crippen molar-refractivity contribution in [3.05, 3.63) is 60.0 Å². The highest BCUT2D eigenvalue weighted by molar-refractivity contribution is 6.04. The molecule has 134 valence electrons. The van der Waals surface area contributed by atoms with E-state index in [0.717, 1.165) is 6.42 Å². The Hall–Kier alpha value is -3.15. The van der Waals surface area contributed by atoms with E-state index >= 15 is 0 Å². The molecule has 0 aliphatic carbocycles. The molecule has 0 saturated carbocycles. The molecule has 3 N–H and O–H groups in total. The molecule has 1 amide bonds. The third kappa shape index (κ3) is 3.44. The van der Waals surface area contributed by atoms with Gasteiger partial charge in [0.25, 0.3) is 5.91 Å². The van der Waals surface area contributed by atoms with Crippen molar-refractivity contribution in [2.45, 2.75) is 27.2 Å². The number of aromatic nitrogens is 2. The van der Waals surface area contributed by atoms with Crippen molar-refractivity contribution in [2.24, 2.45) is 5.41 Å². The van der Waals surface area contributed by atoms with Crippen LogP contribution in [0.3, 0.4) is 0 Å². The number of hydrogen-bond acceptors (Lipinski definition) is 4. The van der Waals surface area contributed by atoms with Gasteiger partial charge >= 0.3 is 0 Å². The topological polar surface area (TPSA) is 89.5 Å². The molecule has 0 atom stereocenters. The lowest BCUT2D eigenvalue weighted by atomic mass is 9.84. The molecular weight excluding hydrogens is 328 g/mol. The van der Waals surface area contributed by atoms with Crippen molar-refractivity contribution < 1.29 is 9.59 Å². The predicted molar refractivity (Wildman–Crippen MR) is 102 cm³/mol. The number of carbonyl (C=O) groups is 2. The molecule has 2 heterocycles. The minimum Gasteiger partial charge on any atom is -0.399 e. The number of benzene rings is 1. The van der Waals surface area contributed by atoms with Crippen LogP contribution in [-0.4, -0.2) is 21.1 Å². The van der Waals surface area contributed by atoms with E-state index in [1.807, 2.05) is 20.8 Å². The van der Waals surface area contributed by atoms with Gasteiger partial charge in [0.15, 0.2) is 5.78 Å². The first-order valence-electron chi connectivity index (χ1n) is 8.50. The maximum Gasteiger partial charge on any atom is 0.255 e. The molecule has 0 aliphatic rings. The van der Waals surface area contributed by atoms with Crippen molar-refractivity contribution in [2.75, 3.05) is 11.1 Å². The lowest BCUT2D eigenvalue weighted by Crippen LogP contribution is -2.23. The monoisotopic (exact) mass is 350 g/mol. The standard InChI is InChI=1S/C20H22N4O2/c1-4-20(2,3)18(25)16-12-24-11-15(9-10-17(24)23-16)22-19(26)13-5-7-14(21)8-6-13/h5-12H,4,21H2,1-3H3,(H,22,26). The second-order valence-corrected chi connectivity index (χ2v) is 6.95. The number of nitrogens with two attached hydrogens (primary N) is 1. The van der Waals surface area contributed by atoms with Crippen LogP contribution in [0.25, 0.3) is 5.65 Å². The van der Waals surface area contributed by atoms with Gasteiger partial charge in [-0.2, -0.15) is 0 Å². The SMILES string of the molecule is CCC(C)(C)C(=O)c1cn2cc(NC(=O)c3ccc(N)cc3)ccc2n1. The van der Waals surface area contributed by atoms with E-state index in [4.69, 9.17) is 5.73 Å². The first-order chi connectivity index (χ1) is 12.3. The summed E-state index contributed by atoms with van der Waals surface area (Å²) in [7, 11) is 0. The summed E-state index contributed by atoms with van der Waals surface area (Å²) in [6, 6.07) is 10.2. The van der Waals surface area contributed by atoms with Crippen LogP contribution < -0.4 is 11.1 Å². The van der Waals surface area contributed by atoms with Crippen LogP contribution in [0.15, 0.2) is 48.8 Å². The lowest BCUT2D eigenvalue weighted by molar-refractivity contribution is 0.0828. The summed E-state index contributed by atoms with van der Waals surface area (Å²) in [6.07, 6.45) is 4.18. The van der Waals surface area contributed by atoms with Gasteiger partial charge in [0, 0.05) is 29.1 Å². The molecule has 3 rings (SSSR count). The highest BCUT2D eigenvalue weighted by Gasteiger charge is 2.28. The molecule has 0 spiro atoms. The minimum atomic E-state index is -0.454. The van der Waals surface area contributed by atoms with E-state index in [-0.39, 0.29) is 11.7 Å². The molecular formula is C20H22N4O2. The Morgan fingerprint density at radius 2 is 1.81 bits per heavy atom. The van der Waals surface area contributed by atoms with Gasteiger partial charge in [0.1, 0.15) is 11.3 Å². The molecule has 2 aromatic heterocycles. The number of fused-ring (bicyclic) bond motifs is 1. The Morgan fingerprint density at radius 1 is 1.12 bits per heavy atom. The molecule has 26 heavy (non-hydrogen) atoms. The van der Waals surface area contributed by atoms with Crippen LogP contribution in [0, 0.1) is 5.41 Å². The van der Waals surface area contributed by atoms with Crippen molar-refractivity contribution >= 4 is 28.7 Å². The number of hydrogen-bond donors (Lipinski definition) is 2. The van der Waals surface area contributed by atoms with E-state index < -0.39 is 5.41 Å². The van der Waals surface area contributed by atoms with Crippen molar-refractivity contribution in [3.8, 4) is 0 Å². The zero-order valence-corrected chi connectivity index (χ0v) is 15.1. The second-order valence-electron chi connectivity index (χ2n) is 6.95. The van der Waals surface area contributed by atoms with Gasteiger partial charge in [0.05, 0.1) is 5.69 Å². The summed E-state index contributed by atoms with van der Waals surface area (Å²) in [5, 5.41) is 2.84. The fourth-order valence-corrected chi connectivity index (χ4v) is 2.52. The third-order valence-electron chi connectivity index (χ3n) is 4.61. The summed E-state index contributed by atoms with van der Waals surface area (Å²) in [4.78, 5) is 29.3. The number of nitrogens with one attached hydrogen (secondary N) is 1. The molecule has 0 bridgehead atoms. The second kappa shape index (κ2) is 6.63. The zero-order valence-electron chi connectivity index (χ0n) is 15.1. The van der Waals surface area contributed by atoms with Gasteiger partial charge in [-0.25, -0.2) is 4.98 Å². The Bertz CT molecular complexity index is 971. The van der Waals surface area contributed by atoms with Gasteiger partial charge < -0.3 is 15.5 Å². The fraction of sp³-hybridized carbons (Fsp3) is 0.250. The van der Waals surface area contributed by atoms with Crippen LogP contribution in [-0.2, 0) is 0 Å². The first-order valence-corrected chi connectivity index (χ1v) is 8.50. The van der Waals surface area contributed by atoms with E-state index in [1.165, 1.54) is 0 Å². The number of Topliss-reactive ketones (excluding diaryl/α,β-unsaturated/α-hetero) is 1. The quantitative estimate of drug-likeness (QED) is 0.541. The largest absolute Gasteiger partial charge is 0.399 e. The summed E-state index contributed by atoms with van der Waals surface area (Å²) in [5.74, 6) is -0.218. The van der Waals surface area contributed by atoms with Gasteiger partial charge in [0.2, 0.25) is 0 Å². The normalized spacial score (nSPS) is 11.5. The fourth-order valence-electron chi connectivity index (χ4n) is 2.52. The minimum absolute atomic E-state index is 0.0103. The van der Waals surface area contributed by atoms with Crippen LogP contribution >= 0.6 is 0 Å². The van der Waals surface area contributed by atoms with Gasteiger partial charge in [-0.05, 0) is 42.8 Å². The van der Waals surface area contributed by atoms with E-state index in [2.05, 4.69) is 10.3 Å². The Morgan fingerprint density at radius 3 is 2.46 bits per heavy atom. The summed E-state index contributed by atoms with van der Waals surface area (Å²) in [6.45, 7) is 5.81. The average Bonchev–Trinajstić information content (AvgIpc) is 3.04. The summed E-state index contributed by atoms with van der Waals surface area (Å²) < 4.78 is 1.75. The van der Waals surface area contributed by atoms with Gasteiger partial charge in [-0.1, -0.05) is 20.8 Å². The molecule has 0 radical (unpaired) electrons. The Kier molecular flexibility index (Phi) is 4.50. The predicted octanol–water partition coefficient (Wildman–Crippen LogP) is 3.79. The molecule has 6 nitrogen and oxygen atoms in total. The molecule has 0 unspecified atom stereocenters. The number of ketones is 1. The van der Waals surface area contributed by atoms with E-state index in [1.54, 1.807) is 53.2 Å². The maximum absolute atomic E-state index is 12.6. The number of anilines is 2. The summed E-state index contributed by atoms with van der Waals surface area (Å²) >= 11 is 0. The molecule has 1 aromatic carbocycles. The molecule has 0 aliphatic heterocycles. The molecule has 6 heteroatoms. The Balaban J connectivity index is 1.84. The average molecular weight is 350 g/mol. The lowest BCUT2D eigenvalue weighted by Gasteiger charge is -2.18. The van der Waals surface area contributed by atoms with E-state index in [9.17, 15) is 9.59 Å². The number of imidazole rings is 1. The molecule has 3 aromatic rings. The number of amides is 1.